The van der Waals surface area contributed by atoms with E-state index in [1.54, 1.807) is 6.07 Å². The van der Waals surface area contributed by atoms with E-state index >= 15 is 0 Å². The van der Waals surface area contributed by atoms with Gasteiger partial charge < -0.3 is 14.0 Å². The third kappa shape index (κ3) is 3.82. The minimum Gasteiger partial charge on any atom is -0.465 e. The first-order valence-corrected chi connectivity index (χ1v) is 6.41. The molecule has 19 heavy (non-hydrogen) atoms. The molecule has 0 aromatic heterocycles. The molecule has 1 aromatic rings. The van der Waals surface area contributed by atoms with Crippen LogP contribution in [-0.2, 0) is 20.4 Å². The SMILES string of the molecule is COC(=O)c1cccc(CB2OCC(C)(C)CO2)c1. The molecule has 4 nitrogen and oxygen atoms in total. The molecule has 0 radical (unpaired) electrons. The van der Waals surface area contributed by atoms with Crippen molar-refractivity contribution < 1.29 is 18.8 Å². The third-order valence-corrected chi connectivity index (χ3v) is 3.07. The summed E-state index contributed by atoms with van der Waals surface area (Å²) in [5.41, 5.74) is 1.63. The average molecular weight is 262 g/mol. The monoisotopic (exact) mass is 262 g/mol. The first-order valence-electron chi connectivity index (χ1n) is 6.41. The van der Waals surface area contributed by atoms with Gasteiger partial charge in [-0.05, 0) is 17.7 Å². The van der Waals surface area contributed by atoms with Crippen molar-refractivity contribution >= 4 is 13.1 Å². The lowest BCUT2D eigenvalue weighted by Gasteiger charge is -2.33. The summed E-state index contributed by atoms with van der Waals surface area (Å²) in [6, 6.07) is 7.35. The predicted molar refractivity (Wildman–Crippen MR) is 72.9 cm³/mol. The van der Waals surface area contributed by atoms with E-state index in [0.29, 0.717) is 25.1 Å². The van der Waals surface area contributed by atoms with E-state index < -0.39 is 0 Å². The van der Waals surface area contributed by atoms with Crippen LogP contribution in [0, 0.1) is 5.41 Å². The Bertz CT molecular complexity index is 449. The highest BCUT2D eigenvalue weighted by molar-refractivity contribution is 6.44. The number of rotatable bonds is 3. The van der Waals surface area contributed by atoms with Gasteiger partial charge in [-0.3, -0.25) is 0 Å². The smallest absolute Gasteiger partial charge is 0.461 e. The van der Waals surface area contributed by atoms with Crippen LogP contribution in [0.4, 0.5) is 0 Å². The number of ether oxygens (including phenoxy) is 1. The number of esters is 1. The Morgan fingerprint density at radius 1 is 1.37 bits per heavy atom. The Morgan fingerprint density at radius 3 is 2.68 bits per heavy atom. The van der Waals surface area contributed by atoms with Crippen LogP contribution in [0.5, 0.6) is 0 Å². The lowest BCUT2D eigenvalue weighted by atomic mass is 9.77. The molecule has 0 bridgehead atoms. The molecule has 1 aliphatic rings. The highest BCUT2D eigenvalue weighted by Crippen LogP contribution is 2.22. The van der Waals surface area contributed by atoms with Gasteiger partial charge in [0, 0.05) is 24.9 Å². The molecule has 0 N–H and O–H groups in total. The van der Waals surface area contributed by atoms with E-state index in [1.807, 2.05) is 18.2 Å². The summed E-state index contributed by atoms with van der Waals surface area (Å²) in [5, 5.41) is 0. The van der Waals surface area contributed by atoms with Gasteiger partial charge in [0.25, 0.3) is 0 Å². The molecule has 2 rings (SSSR count). The van der Waals surface area contributed by atoms with Crippen molar-refractivity contribution in [2.75, 3.05) is 20.3 Å². The quantitative estimate of drug-likeness (QED) is 0.618. The molecule has 102 valence electrons. The Morgan fingerprint density at radius 2 is 2.05 bits per heavy atom. The van der Waals surface area contributed by atoms with Crippen LogP contribution in [0.25, 0.3) is 0 Å². The number of hydrogen-bond acceptors (Lipinski definition) is 4. The van der Waals surface area contributed by atoms with Crippen molar-refractivity contribution in [2.24, 2.45) is 5.41 Å². The number of benzene rings is 1. The lowest BCUT2D eigenvalue weighted by molar-refractivity contribution is 0.0278. The Balaban J connectivity index is 1.98. The molecule has 1 aliphatic heterocycles. The summed E-state index contributed by atoms with van der Waals surface area (Å²) in [7, 11) is 1.14. The molecule has 1 saturated heterocycles. The molecule has 0 saturated carbocycles. The topological polar surface area (TPSA) is 44.8 Å². The van der Waals surface area contributed by atoms with E-state index in [1.165, 1.54) is 7.11 Å². The molecule has 0 aliphatic carbocycles. The molecule has 1 aromatic carbocycles. The standard InChI is InChI=1S/C14H19BO4/c1-14(2)9-18-15(19-10-14)8-11-5-4-6-12(7-11)13(16)17-3/h4-7H,8-10H2,1-3H3. The molecule has 0 amide bonds. The van der Waals surface area contributed by atoms with Crippen molar-refractivity contribution in [3.05, 3.63) is 35.4 Å². The van der Waals surface area contributed by atoms with Crippen LogP contribution in [0.15, 0.2) is 24.3 Å². The summed E-state index contributed by atoms with van der Waals surface area (Å²) in [5.74, 6) is -0.325. The zero-order valence-corrected chi connectivity index (χ0v) is 11.6. The van der Waals surface area contributed by atoms with Gasteiger partial charge in [0.15, 0.2) is 0 Å². The van der Waals surface area contributed by atoms with Gasteiger partial charge >= 0.3 is 13.1 Å². The van der Waals surface area contributed by atoms with E-state index in [-0.39, 0.29) is 18.5 Å². The summed E-state index contributed by atoms with van der Waals surface area (Å²) in [4.78, 5) is 11.5. The predicted octanol–water partition coefficient (Wildman–Crippen LogP) is 2.12. The Hall–Kier alpha value is -1.33. The number of carbonyl (C=O) groups is 1. The third-order valence-electron chi connectivity index (χ3n) is 3.07. The summed E-state index contributed by atoms with van der Waals surface area (Å²) >= 11 is 0. The van der Waals surface area contributed by atoms with E-state index in [9.17, 15) is 4.79 Å². The maximum Gasteiger partial charge on any atom is 0.461 e. The first kappa shape index (κ1) is 14.1. The van der Waals surface area contributed by atoms with Crippen molar-refractivity contribution in [1.82, 2.24) is 0 Å². The number of carbonyl (C=O) groups excluding carboxylic acids is 1. The largest absolute Gasteiger partial charge is 0.465 e. The van der Waals surface area contributed by atoms with Crippen LogP contribution >= 0.6 is 0 Å². The van der Waals surface area contributed by atoms with E-state index in [4.69, 9.17) is 14.0 Å². The van der Waals surface area contributed by atoms with Gasteiger partial charge in [0.05, 0.1) is 12.7 Å². The summed E-state index contributed by atoms with van der Waals surface area (Å²) in [6.45, 7) is 5.60. The fraction of sp³-hybridized carbons (Fsp3) is 0.500. The fourth-order valence-electron chi connectivity index (χ4n) is 1.98. The van der Waals surface area contributed by atoms with Gasteiger partial charge in [-0.2, -0.15) is 0 Å². The van der Waals surface area contributed by atoms with Crippen LogP contribution in [-0.4, -0.2) is 33.4 Å². The normalized spacial score (nSPS) is 18.2. The van der Waals surface area contributed by atoms with Gasteiger partial charge in [-0.25, -0.2) is 4.79 Å². The molecular formula is C14H19BO4. The number of methoxy groups -OCH3 is 1. The fourth-order valence-corrected chi connectivity index (χ4v) is 1.98. The second-order valence-electron chi connectivity index (χ2n) is 5.61. The van der Waals surface area contributed by atoms with Gasteiger partial charge in [0.2, 0.25) is 0 Å². The van der Waals surface area contributed by atoms with Gasteiger partial charge in [-0.15, -0.1) is 0 Å². The van der Waals surface area contributed by atoms with Crippen LogP contribution in [0.3, 0.4) is 0 Å². The van der Waals surface area contributed by atoms with E-state index in [0.717, 1.165) is 5.56 Å². The van der Waals surface area contributed by atoms with Crippen LogP contribution in [0.1, 0.15) is 29.8 Å². The molecule has 0 spiro atoms. The zero-order chi connectivity index (χ0) is 13.9. The Kier molecular flexibility index (Phi) is 4.27. The first-order chi connectivity index (χ1) is 9.00. The van der Waals surface area contributed by atoms with Crippen molar-refractivity contribution in [3.8, 4) is 0 Å². The minimum absolute atomic E-state index is 0.0738. The van der Waals surface area contributed by atoms with Gasteiger partial charge in [0.1, 0.15) is 0 Å². The van der Waals surface area contributed by atoms with Crippen molar-refractivity contribution in [1.29, 1.82) is 0 Å². The van der Waals surface area contributed by atoms with Crippen molar-refractivity contribution in [3.63, 3.8) is 0 Å². The van der Waals surface area contributed by atoms with Crippen LogP contribution < -0.4 is 0 Å². The molecular weight excluding hydrogens is 243 g/mol. The summed E-state index contributed by atoms with van der Waals surface area (Å²) < 4.78 is 16.1. The Labute approximate surface area is 114 Å². The minimum atomic E-state index is -0.325. The molecule has 5 heteroatoms. The second kappa shape index (κ2) is 5.76. The molecule has 0 unspecified atom stereocenters. The molecule has 1 fully saturated rings. The van der Waals surface area contributed by atoms with Crippen LogP contribution in [0.2, 0.25) is 0 Å². The highest BCUT2D eigenvalue weighted by atomic mass is 16.6. The van der Waals surface area contributed by atoms with Crippen molar-refractivity contribution in [2.45, 2.75) is 20.2 Å². The van der Waals surface area contributed by atoms with Gasteiger partial charge in [-0.1, -0.05) is 26.0 Å². The number of hydrogen-bond donors (Lipinski definition) is 0. The maximum atomic E-state index is 11.5. The van der Waals surface area contributed by atoms with E-state index in [2.05, 4.69) is 13.8 Å². The maximum absolute atomic E-state index is 11.5. The summed E-state index contributed by atoms with van der Waals surface area (Å²) in [6.07, 6.45) is 0.640. The highest BCUT2D eigenvalue weighted by Gasteiger charge is 2.32. The lowest BCUT2D eigenvalue weighted by Crippen LogP contribution is -2.42. The second-order valence-corrected chi connectivity index (χ2v) is 5.61. The molecule has 0 atom stereocenters. The zero-order valence-electron chi connectivity index (χ0n) is 11.6. The molecule has 1 heterocycles. The average Bonchev–Trinajstić information content (AvgIpc) is 2.41.